The Balaban J connectivity index is 1.52. The number of aliphatic imine (C=N–C) groups is 2. The van der Waals surface area contributed by atoms with Gasteiger partial charge in [0.15, 0.2) is 10.8 Å². The van der Waals surface area contributed by atoms with Crippen LogP contribution in [0.25, 0.3) is 0 Å². The maximum Gasteiger partial charge on any atom is 0.331 e. The highest BCUT2D eigenvalue weighted by molar-refractivity contribution is 7.98. The number of fused-ring (bicyclic) bond motifs is 1. The van der Waals surface area contributed by atoms with Gasteiger partial charge in [-0.25, -0.2) is 14.8 Å². The number of nitrogens with one attached hydrogen (secondary N) is 2. The van der Waals surface area contributed by atoms with Gasteiger partial charge in [-0.2, -0.15) is 8.78 Å². The minimum absolute atomic E-state index is 0.222. The largest absolute Gasteiger partial charge is 0.404 e. The third-order valence-electron chi connectivity index (χ3n) is 4.98. The number of nitrogens with zero attached hydrogens (tertiary/aromatic N) is 4. The second kappa shape index (κ2) is 10.6. The fourth-order valence-corrected chi connectivity index (χ4v) is 4.82. The molecule has 3 heterocycles. The van der Waals surface area contributed by atoms with E-state index < -0.39 is 6.55 Å². The zero-order chi connectivity index (χ0) is 23.2. The minimum atomic E-state index is -2.83. The SMILES string of the molecule is NC=C(C=NC(F)F)C1=C2CC(NC(=O)NSc3ccccc3)CN2C(c2nccs2)=NC1. The third kappa shape index (κ3) is 5.57. The van der Waals surface area contributed by atoms with Gasteiger partial charge in [0.2, 0.25) is 0 Å². The molecule has 8 nitrogen and oxygen atoms in total. The van der Waals surface area contributed by atoms with Crippen LogP contribution in [-0.4, -0.2) is 53.6 Å². The van der Waals surface area contributed by atoms with Crippen molar-refractivity contribution in [1.29, 1.82) is 0 Å². The molecule has 0 spiro atoms. The summed E-state index contributed by atoms with van der Waals surface area (Å²) in [6.07, 6.45) is 4.50. The van der Waals surface area contributed by atoms with Crippen molar-refractivity contribution >= 4 is 41.4 Å². The zero-order valence-electron chi connectivity index (χ0n) is 17.3. The van der Waals surface area contributed by atoms with Gasteiger partial charge in [0.25, 0.3) is 0 Å². The monoisotopic (exact) mass is 489 g/mol. The van der Waals surface area contributed by atoms with Gasteiger partial charge in [0, 0.05) is 58.7 Å². The average molecular weight is 490 g/mol. The zero-order valence-corrected chi connectivity index (χ0v) is 19.0. The number of alkyl halides is 2. The number of nitrogens with two attached hydrogens (primary N) is 1. The molecule has 0 bridgehead atoms. The molecule has 2 aromatic rings. The predicted molar refractivity (Wildman–Crippen MR) is 126 cm³/mol. The minimum Gasteiger partial charge on any atom is -0.404 e. The van der Waals surface area contributed by atoms with Crippen LogP contribution in [-0.2, 0) is 0 Å². The van der Waals surface area contributed by atoms with Gasteiger partial charge >= 0.3 is 12.6 Å². The second-order valence-electron chi connectivity index (χ2n) is 7.08. The van der Waals surface area contributed by atoms with Crippen molar-refractivity contribution in [2.45, 2.75) is 23.9 Å². The van der Waals surface area contributed by atoms with Crippen molar-refractivity contribution in [2.24, 2.45) is 15.7 Å². The summed E-state index contributed by atoms with van der Waals surface area (Å²) in [6, 6.07) is 8.95. The summed E-state index contributed by atoms with van der Waals surface area (Å²) in [5.41, 5.74) is 7.65. The summed E-state index contributed by atoms with van der Waals surface area (Å²) in [5, 5.41) is 5.58. The van der Waals surface area contributed by atoms with E-state index in [-0.39, 0.29) is 18.6 Å². The van der Waals surface area contributed by atoms with Gasteiger partial charge in [-0.1, -0.05) is 18.2 Å². The highest BCUT2D eigenvalue weighted by atomic mass is 32.2. The number of halogens is 2. The van der Waals surface area contributed by atoms with Crippen LogP contribution in [0.5, 0.6) is 0 Å². The predicted octanol–water partition coefficient (Wildman–Crippen LogP) is 3.37. The molecular formula is C21H21F2N7OS2. The smallest absolute Gasteiger partial charge is 0.331 e. The number of carbonyl (C=O) groups excluding carboxylic acids is 1. The molecule has 0 saturated carbocycles. The molecule has 0 radical (unpaired) electrons. The Labute approximate surface area is 197 Å². The number of thiazole rings is 1. The Morgan fingerprint density at radius 3 is 2.88 bits per heavy atom. The Kier molecular flexibility index (Phi) is 7.35. The number of urea groups is 1. The molecule has 1 saturated heterocycles. The van der Waals surface area contributed by atoms with E-state index >= 15 is 0 Å². The van der Waals surface area contributed by atoms with Crippen molar-refractivity contribution < 1.29 is 13.6 Å². The number of amidine groups is 1. The molecule has 2 amide bonds. The summed E-state index contributed by atoms with van der Waals surface area (Å²) in [6.45, 7) is -2.12. The molecule has 1 aromatic carbocycles. The van der Waals surface area contributed by atoms with Gasteiger partial charge in [-0.15, -0.1) is 11.3 Å². The fourth-order valence-electron chi connectivity index (χ4n) is 3.61. The molecule has 4 rings (SSSR count). The van der Waals surface area contributed by atoms with Gasteiger partial charge in [0.1, 0.15) is 0 Å². The molecule has 1 atom stereocenters. The van der Waals surface area contributed by atoms with E-state index in [4.69, 9.17) is 5.73 Å². The molecule has 1 unspecified atom stereocenters. The molecule has 33 heavy (non-hydrogen) atoms. The first-order valence-corrected chi connectivity index (χ1v) is 11.7. The molecule has 2 aliphatic rings. The van der Waals surface area contributed by atoms with Crippen LogP contribution in [0, 0.1) is 0 Å². The molecule has 172 valence electrons. The van der Waals surface area contributed by atoms with E-state index in [0.29, 0.717) is 29.9 Å². The van der Waals surface area contributed by atoms with Crippen molar-refractivity contribution in [3.63, 3.8) is 0 Å². The van der Waals surface area contributed by atoms with Crippen LogP contribution in [0.1, 0.15) is 11.4 Å². The first-order chi connectivity index (χ1) is 16.0. The lowest BCUT2D eigenvalue weighted by atomic mass is 10.0. The standard InChI is InChI=1S/C21H21F2N7OS2/c22-20(23)27-10-13(9-24)16-11-26-18(19-25-6-7-32-19)30-12-14(8-17(16)30)28-21(31)29-33-15-4-2-1-3-5-15/h1-7,9-10,14,20H,8,11-12,24H2,(H2,28,29,31). The van der Waals surface area contributed by atoms with Crippen molar-refractivity contribution in [3.8, 4) is 0 Å². The molecule has 1 aromatic heterocycles. The van der Waals surface area contributed by atoms with Crippen LogP contribution >= 0.6 is 23.3 Å². The van der Waals surface area contributed by atoms with Gasteiger partial charge in [-0.3, -0.25) is 9.71 Å². The number of benzene rings is 1. The third-order valence-corrected chi connectivity index (χ3v) is 6.54. The maximum atomic E-state index is 12.6. The Bertz CT molecular complexity index is 1100. The van der Waals surface area contributed by atoms with E-state index in [0.717, 1.165) is 21.8 Å². The number of carbonyl (C=O) groups is 1. The number of amides is 2. The summed E-state index contributed by atoms with van der Waals surface area (Å²) in [4.78, 5) is 27.5. The van der Waals surface area contributed by atoms with E-state index in [2.05, 4.69) is 25.0 Å². The molecule has 2 aliphatic heterocycles. The van der Waals surface area contributed by atoms with Crippen molar-refractivity contribution in [1.82, 2.24) is 19.9 Å². The Morgan fingerprint density at radius 2 is 2.18 bits per heavy atom. The molecule has 0 aliphatic carbocycles. The van der Waals surface area contributed by atoms with E-state index in [9.17, 15) is 13.6 Å². The van der Waals surface area contributed by atoms with Crippen LogP contribution in [0.3, 0.4) is 0 Å². The van der Waals surface area contributed by atoms with Crippen LogP contribution in [0.15, 0.2) is 79.8 Å². The summed E-state index contributed by atoms with van der Waals surface area (Å²) in [7, 11) is 0. The lowest BCUT2D eigenvalue weighted by molar-refractivity contribution is 0.160. The Morgan fingerprint density at radius 1 is 1.36 bits per heavy atom. The number of rotatable bonds is 7. The molecule has 12 heteroatoms. The van der Waals surface area contributed by atoms with Gasteiger partial charge in [0.05, 0.1) is 12.6 Å². The average Bonchev–Trinajstić information content (AvgIpc) is 3.49. The highest BCUT2D eigenvalue weighted by Crippen LogP contribution is 2.33. The van der Waals surface area contributed by atoms with Crippen LogP contribution in [0.2, 0.25) is 0 Å². The van der Waals surface area contributed by atoms with Gasteiger partial charge < -0.3 is 16.0 Å². The topological polar surface area (TPSA) is 108 Å². The number of aromatic nitrogens is 1. The fraction of sp³-hybridized carbons (Fsp3) is 0.238. The van der Waals surface area contributed by atoms with Crippen molar-refractivity contribution in [3.05, 3.63) is 70.0 Å². The van der Waals surface area contributed by atoms with E-state index in [1.54, 1.807) is 6.20 Å². The van der Waals surface area contributed by atoms with E-state index in [1.165, 1.54) is 29.5 Å². The van der Waals surface area contributed by atoms with Crippen LogP contribution < -0.4 is 15.8 Å². The highest BCUT2D eigenvalue weighted by Gasteiger charge is 2.36. The van der Waals surface area contributed by atoms with Crippen LogP contribution in [0.4, 0.5) is 13.6 Å². The molecule has 4 N–H and O–H groups in total. The quantitative estimate of drug-likeness (QED) is 0.314. The lowest BCUT2D eigenvalue weighted by Crippen LogP contribution is -2.42. The molecule has 1 fully saturated rings. The summed E-state index contributed by atoms with van der Waals surface area (Å²) in [5.74, 6) is 0.689. The first-order valence-electron chi connectivity index (χ1n) is 10.0. The number of hydrogen-bond donors (Lipinski definition) is 3. The summed E-state index contributed by atoms with van der Waals surface area (Å²) >= 11 is 2.68. The lowest BCUT2D eigenvalue weighted by Gasteiger charge is -2.27. The maximum absolute atomic E-state index is 12.6. The first kappa shape index (κ1) is 22.9. The number of hydrogen-bond acceptors (Lipinski definition) is 8. The van der Waals surface area contributed by atoms with Crippen molar-refractivity contribution in [2.75, 3.05) is 13.1 Å². The Hall–Kier alpha value is -3.25. The normalized spacial score (nSPS) is 18.6. The molecular weight excluding hydrogens is 468 g/mol. The van der Waals surface area contributed by atoms with Gasteiger partial charge in [-0.05, 0) is 24.1 Å². The second-order valence-corrected chi connectivity index (χ2v) is 8.86. The summed E-state index contributed by atoms with van der Waals surface area (Å²) < 4.78 is 28.0. The van der Waals surface area contributed by atoms with E-state index in [1.807, 2.05) is 40.6 Å².